The summed E-state index contributed by atoms with van der Waals surface area (Å²) in [7, 11) is 1.66. The second-order valence-electron chi connectivity index (χ2n) is 4.83. The first kappa shape index (κ1) is 14.4. The number of rotatable bonds is 7. The first-order chi connectivity index (χ1) is 6.75. The summed E-state index contributed by atoms with van der Waals surface area (Å²) in [5.74, 6) is -0.785. The van der Waals surface area contributed by atoms with Crippen LogP contribution in [-0.4, -0.2) is 36.9 Å². The van der Waals surface area contributed by atoms with Gasteiger partial charge in [0.1, 0.15) is 0 Å². The summed E-state index contributed by atoms with van der Waals surface area (Å²) in [4.78, 5) is 11.1. The van der Waals surface area contributed by atoms with Gasteiger partial charge in [-0.05, 0) is 40.7 Å². The number of methoxy groups -OCH3 is 1. The lowest BCUT2D eigenvalue weighted by atomic mass is 9.74. The minimum absolute atomic E-state index is 0.438. The van der Waals surface area contributed by atoms with Crippen LogP contribution in [0.4, 0.5) is 0 Å². The third-order valence-corrected chi connectivity index (χ3v) is 3.19. The highest BCUT2D eigenvalue weighted by molar-refractivity contribution is 5.75. The highest BCUT2D eigenvalue weighted by Gasteiger charge is 2.42. The number of ether oxygens (including phenoxy) is 1. The molecule has 4 nitrogen and oxygen atoms in total. The van der Waals surface area contributed by atoms with Crippen LogP contribution < -0.4 is 5.32 Å². The van der Waals surface area contributed by atoms with Crippen LogP contribution in [0.2, 0.25) is 0 Å². The summed E-state index contributed by atoms with van der Waals surface area (Å²) in [5.41, 5.74) is -1.23. The number of carboxylic acid groups (broad SMARTS) is 1. The molecule has 0 saturated carbocycles. The molecule has 0 aliphatic rings. The van der Waals surface area contributed by atoms with Crippen molar-refractivity contribution in [2.24, 2.45) is 5.41 Å². The summed E-state index contributed by atoms with van der Waals surface area (Å²) in [5, 5.41) is 12.4. The zero-order valence-corrected chi connectivity index (χ0v) is 10.4. The molecule has 2 N–H and O–H groups in total. The lowest BCUT2D eigenvalue weighted by Crippen LogP contribution is -2.55. The molecule has 0 aromatic carbocycles. The Morgan fingerprint density at radius 2 is 1.87 bits per heavy atom. The Kier molecular flexibility index (Phi) is 5.24. The molecule has 0 saturated heterocycles. The van der Waals surface area contributed by atoms with E-state index in [1.165, 1.54) is 0 Å². The lowest BCUT2D eigenvalue weighted by Gasteiger charge is -2.39. The minimum Gasteiger partial charge on any atom is -0.481 e. The molecule has 0 aromatic heterocycles. The lowest BCUT2D eigenvalue weighted by molar-refractivity contribution is -0.151. The molecule has 0 aromatic rings. The van der Waals surface area contributed by atoms with E-state index in [2.05, 4.69) is 5.32 Å². The average molecular weight is 217 g/mol. The van der Waals surface area contributed by atoms with Gasteiger partial charge in [-0.15, -0.1) is 0 Å². The fourth-order valence-electron chi connectivity index (χ4n) is 1.11. The predicted octanol–water partition coefficient (Wildman–Crippen LogP) is 1.50. The molecule has 15 heavy (non-hydrogen) atoms. The van der Waals surface area contributed by atoms with E-state index in [1.54, 1.807) is 21.0 Å². The van der Waals surface area contributed by atoms with Gasteiger partial charge < -0.3 is 15.2 Å². The van der Waals surface area contributed by atoms with Crippen LogP contribution in [0.5, 0.6) is 0 Å². The summed E-state index contributed by atoms with van der Waals surface area (Å²) in [6.45, 7) is 8.74. The average Bonchev–Trinajstić information content (AvgIpc) is 2.12. The molecule has 0 amide bonds. The Labute approximate surface area is 92.0 Å². The number of carboxylic acids is 1. The van der Waals surface area contributed by atoms with Crippen molar-refractivity contribution in [3.63, 3.8) is 0 Å². The molecule has 0 unspecified atom stereocenters. The maximum Gasteiger partial charge on any atom is 0.310 e. The molecular weight excluding hydrogens is 194 g/mol. The van der Waals surface area contributed by atoms with Crippen LogP contribution in [0.1, 0.15) is 34.1 Å². The van der Waals surface area contributed by atoms with E-state index in [4.69, 9.17) is 9.84 Å². The Bertz CT molecular complexity index is 212. The first-order valence-corrected chi connectivity index (χ1v) is 5.23. The van der Waals surface area contributed by atoms with Crippen molar-refractivity contribution >= 4 is 5.97 Å². The maximum absolute atomic E-state index is 11.1. The van der Waals surface area contributed by atoms with Gasteiger partial charge in [-0.25, -0.2) is 0 Å². The van der Waals surface area contributed by atoms with Crippen molar-refractivity contribution in [1.29, 1.82) is 0 Å². The topological polar surface area (TPSA) is 58.6 Å². The third kappa shape index (κ3) is 3.80. The van der Waals surface area contributed by atoms with E-state index < -0.39 is 16.9 Å². The van der Waals surface area contributed by atoms with Gasteiger partial charge in [0.25, 0.3) is 0 Å². The Morgan fingerprint density at radius 3 is 2.27 bits per heavy atom. The van der Waals surface area contributed by atoms with Crippen molar-refractivity contribution in [3.8, 4) is 0 Å². The molecule has 0 heterocycles. The van der Waals surface area contributed by atoms with E-state index in [0.29, 0.717) is 6.61 Å². The van der Waals surface area contributed by atoms with Crippen molar-refractivity contribution in [2.45, 2.75) is 39.7 Å². The fourth-order valence-corrected chi connectivity index (χ4v) is 1.11. The van der Waals surface area contributed by atoms with Gasteiger partial charge in [0.05, 0.1) is 5.41 Å². The van der Waals surface area contributed by atoms with Crippen LogP contribution >= 0.6 is 0 Å². The van der Waals surface area contributed by atoms with Crippen LogP contribution in [0, 0.1) is 5.41 Å². The number of carbonyl (C=O) groups is 1. The third-order valence-electron chi connectivity index (χ3n) is 3.19. The summed E-state index contributed by atoms with van der Waals surface area (Å²) in [6, 6.07) is 0. The van der Waals surface area contributed by atoms with Crippen LogP contribution in [0.25, 0.3) is 0 Å². The molecule has 0 spiro atoms. The van der Waals surface area contributed by atoms with Gasteiger partial charge in [0, 0.05) is 19.3 Å². The number of aliphatic carboxylic acids is 1. The van der Waals surface area contributed by atoms with Crippen molar-refractivity contribution in [1.82, 2.24) is 5.32 Å². The van der Waals surface area contributed by atoms with Crippen molar-refractivity contribution < 1.29 is 14.6 Å². The summed E-state index contributed by atoms with van der Waals surface area (Å²) < 4.78 is 4.93. The normalized spacial score (nSPS) is 12.9. The Balaban J connectivity index is 4.22. The zero-order chi connectivity index (χ0) is 12.1. The molecule has 0 rings (SSSR count). The van der Waals surface area contributed by atoms with Gasteiger partial charge in [-0.2, -0.15) is 0 Å². The first-order valence-electron chi connectivity index (χ1n) is 5.23. The SMILES string of the molecule is COCCCNC(C)(C)C(C)(C)C(=O)O. The van der Waals surface area contributed by atoms with Gasteiger partial charge in [-0.1, -0.05) is 0 Å². The fraction of sp³-hybridized carbons (Fsp3) is 0.909. The maximum atomic E-state index is 11.1. The van der Waals surface area contributed by atoms with Gasteiger partial charge in [0.15, 0.2) is 0 Å². The summed E-state index contributed by atoms with van der Waals surface area (Å²) >= 11 is 0. The number of hydrogen-bond acceptors (Lipinski definition) is 3. The van der Waals surface area contributed by atoms with E-state index in [0.717, 1.165) is 13.0 Å². The van der Waals surface area contributed by atoms with E-state index >= 15 is 0 Å². The monoisotopic (exact) mass is 217 g/mol. The predicted molar refractivity (Wildman–Crippen MR) is 60.0 cm³/mol. The Morgan fingerprint density at radius 1 is 1.33 bits per heavy atom. The molecule has 0 aliphatic carbocycles. The van der Waals surface area contributed by atoms with Crippen LogP contribution in [-0.2, 0) is 9.53 Å². The molecule has 0 atom stereocenters. The van der Waals surface area contributed by atoms with Crippen molar-refractivity contribution in [3.05, 3.63) is 0 Å². The van der Waals surface area contributed by atoms with Crippen LogP contribution in [0.3, 0.4) is 0 Å². The number of hydrogen-bond donors (Lipinski definition) is 2. The number of nitrogens with one attached hydrogen (secondary N) is 1. The quantitative estimate of drug-likeness (QED) is 0.634. The van der Waals surface area contributed by atoms with Gasteiger partial charge in [0.2, 0.25) is 0 Å². The van der Waals surface area contributed by atoms with E-state index in [9.17, 15) is 4.79 Å². The summed E-state index contributed by atoms with van der Waals surface area (Å²) in [6.07, 6.45) is 0.885. The molecule has 0 aliphatic heterocycles. The molecule has 4 heteroatoms. The van der Waals surface area contributed by atoms with E-state index in [-0.39, 0.29) is 0 Å². The smallest absolute Gasteiger partial charge is 0.310 e. The molecule has 0 fully saturated rings. The molecule has 90 valence electrons. The highest BCUT2D eigenvalue weighted by atomic mass is 16.5. The second-order valence-corrected chi connectivity index (χ2v) is 4.83. The largest absolute Gasteiger partial charge is 0.481 e. The Hall–Kier alpha value is -0.610. The van der Waals surface area contributed by atoms with Gasteiger partial charge >= 0.3 is 5.97 Å². The highest BCUT2D eigenvalue weighted by Crippen LogP contribution is 2.30. The van der Waals surface area contributed by atoms with Crippen LogP contribution in [0.15, 0.2) is 0 Å². The standard InChI is InChI=1S/C11H23NO3/c1-10(2,9(13)14)11(3,4)12-7-6-8-15-5/h12H,6-8H2,1-5H3,(H,13,14). The zero-order valence-electron chi connectivity index (χ0n) is 10.4. The molecule has 0 bridgehead atoms. The second kappa shape index (κ2) is 5.47. The minimum atomic E-state index is -0.792. The molecule has 0 radical (unpaired) electrons. The molecular formula is C11H23NO3. The van der Waals surface area contributed by atoms with Crippen molar-refractivity contribution in [2.75, 3.05) is 20.3 Å². The van der Waals surface area contributed by atoms with E-state index in [1.807, 2.05) is 13.8 Å². The van der Waals surface area contributed by atoms with Gasteiger partial charge in [-0.3, -0.25) is 4.79 Å².